The molecule has 2 fully saturated rings. The molecule has 3 heteroatoms. The Morgan fingerprint density at radius 1 is 1.22 bits per heavy atom. The Bertz CT molecular complexity index is 258. The van der Waals surface area contributed by atoms with Crippen LogP contribution in [-0.4, -0.2) is 53.6 Å². The summed E-state index contributed by atoms with van der Waals surface area (Å²) < 4.78 is 0. The van der Waals surface area contributed by atoms with Gasteiger partial charge in [-0.25, -0.2) is 0 Å². The molecule has 2 unspecified atom stereocenters. The van der Waals surface area contributed by atoms with Gasteiger partial charge in [-0.1, -0.05) is 13.8 Å². The molecule has 0 aromatic heterocycles. The number of nitrogens with two attached hydrogens (primary N) is 1. The molecule has 1 aliphatic carbocycles. The summed E-state index contributed by atoms with van der Waals surface area (Å²) in [5.41, 5.74) is 6.46. The van der Waals surface area contributed by atoms with Crippen molar-refractivity contribution in [2.24, 2.45) is 5.73 Å². The lowest BCUT2D eigenvalue weighted by molar-refractivity contribution is 0.0970. The van der Waals surface area contributed by atoms with Gasteiger partial charge in [0.15, 0.2) is 0 Å². The van der Waals surface area contributed by atoms with Gasteiger partial charge in [-0.2, -0.15) is 0 Å². The van der Waals surface area contributed by atoms with Crippen molar-refractivity contribution in [3.8, 4) is 0 Å². The van der Waals surface area contributed by atoms with Crippen LogP contribution in [0.25, 0.3) is 0 Å². The Hall–Kier alpha value is -0.120. The Morgan fingerprint density at radius 3 is 2.28 bits per heavy atom. The van der Waals surface area contributed by atoms with Crippen molar-refractivity contribution < 1.29 is 0 Å². The van der Waals surface area contributed by atoms with Crippen LogP contribution in [0.4, 0.5) is 0 Å². The minimum Gasteiger partial charge on any atom is -0.329 e. The van der Waals surface area contributed by atoms with Gasteiger partial charge in [-0.3, -0.25) is 9.80 Å². The molecule has 1 saturated heterocycles. The van der Waals surface area contributed by atoms with Crippen molar-refractivity contribution in [2.45, 2.75) is 70.5 Å². The van der Waals surface area contributed by atoms with Crippen LogP contribution >= 0.6 is 0 Å². The van der Waals surface area contributed by atoms with Gasteiger partial charge in [0.05, 0.1) is 0 Å². The summed E-state index contributed by atoms with van der Waals surface area (Å²) in [6.45, 7) is 11.4. The Kier molecular flexibility index (Phi) is 4.68. The van der Waals surface area contributed by atoms with Crippen molar-refractivity contribution in [2.75, 3.05) is 26.2 Å². The van der Waals surface area contributed by atoms with Crippen molar-refractivity contribution >= 4 is 0 Å². The summed E-state index contributed by atoms with van der Waals surface area (Å²) in [6.07, 6.45) is 6.55. The van der Waals surface area contributed by atoms with E-state index in [1.807, 2.05) is 0 Å². The van der Waals surface area contributed by atoms with Crippen molar-refractivity contribution in [1.29, 1.82) is 0 Å². The molecule has 106 valence electrons. The first kappa shape index (κ1) is 14.3. The quantitative estimate of drug-likeness (QED) is 0.754. The molecule has 1 aliphatic heterocycles. The van der Waals surface area contributed by atoms with E-state index in [-0.39, 0.29) is 5.54 Å². The zero-order valence-electron chi connectivity index (χ0n) is 12.5. The highest BCUT2D eigenvalue weighted by molar-refractivity contribution is 5.06. The van der Waals surface area contributed by atoms with Crippen LogP contribution < -0.4 is 5.73 Å². The van der Waals surface area contributed by atoms with E-state index < -0.39 is 0 Å². The highest BCUT2D eigenvalue weighted by atomic mass is 15.3. The van der Waals surface area contributed by atoms with Crippen LogP contribution in [0, 0.1) is 0 Å². The molecule has 0 radical (unpaired) electrons. The van der Waals surface area contributed by atoms with Gasteiger partial charge < -0.3 is 5.73 Å². The summed E-state index contributed by atoms with van der Waals surface area (Å²) in [6, 6.07) is 1.59. The molecule has 0 bridgehead atoms. The lowest BCUT2D eigenvalue weighted by Crippen LogP contribution is -2.56. The first-order valence-corrected chi connectivity index (χ1v) is 7.87. The molecule has 0 spiro atoms. The number of hydrogen-bond acceptors (Lipinski definition) is 3. The van der Waals surface area contributed by atoms with Crippen LogP contribution in [0.3, 0.4) is 0 Å². The van der Waals surface area contributed by atoms with Gasteiger partial charge in [0.2, 0.25) is 0 Å². The largest absolute Gasteiger partial charge is 0.329 e. The fourth-order valence-corrected chi connectivity index (χ4v) is 3.75. The standard InChI is InChI=1S/C15H31N3/c1-4-8-17(9-5-2)15(11-16)10-13(3)18(12-15)14-6-7-14/h13-14H,4-12,16H2,1-3H3. The number of likely N-dealkylation sites (tertiary alicyclic amines) is 1. The number of nitrogens with zero attached hydrogens (tertiary/aromatic N) is 2. The van der Waals surface area contributed by atoms with E-state index in [9.17, 15) is 0 Å². The predicted octanol–water partition coefficient (Wildman–Crippen LogP) is 2.06. The fraction of sp³-hybridized carbons (Fsp3) is 1.00. The average Bonchev–Trinajstić information content (AvgIpc) is 3.14. The van der Waals surface area contributed by atoms with E-state index in [4.69, 9.17) is 5.73 Å². The normalized spacial score (nSPS) is 33.5. The third-order valence-corrected chi connectivity index (χ3v) is 4.77. The Labute approximate surface area is 113 Å². The zero-order valence-corrected chi connectivity index (χ0v) is 12.5. The minimum atomic E-state index is 0.258. The molecular weight excluding hydrogens is 222 g/mol. The van der Waals surface area contributed by atoms with Gasteiger partial charge in [0, 0.05) is 30.7 Å². The van der Waals surface area contributed by atoms with Crippen LogP contribution in [0.2, 0.25) is 0 Å². The SMILES string of the molecule is CCCN(CCC)C1(CN)CC(C)N(C2CC2)C1. The van der Waals surface area contributed by atoms with E-state index in [0.717, 1.165) is 18.6 Å². The molecule has 2 aliphatic rings. The summed E-state index contributed by atoms with van der Waals surface area (Å²) in [5.74, 6) is 0. The van der Waals surface area contributed by atoms with Crippen LogP contribution in [-0.2, 0) is 0 Å². The summed E-state index contributed by atoms with van der Waals surface area (Å²) in [4.78, 5) is 5.41. The lowest BCUT2D eigenvalue weighted by atomic mass is 9.93. The van der Waals surface area contributed by atoms with Crippen LogP contribution in [0.5, 0.6) is 0 Å². The molecule has 2 atom stereocenters. The van der Waals surface area contributed by atoms with Crippen LogP contribution in [0.15, 0.2) is 0 Å². The van der Waals surface area contributed by atoms with Gasteiger partial charge in [-0.15, -0.1) is 0 Å². The second-order valence-electron chi connectivity index (χ2n) is 6.37. The lowest BCUT2D eigenvalue weighted by Gasteiger charge is -2.40. The van der Waals surface area contributed by atoms with Crippen molar-refractivity contribution in [3.05, 3.63) is 0 Å². The maximum Gasteiger partial charge on any atom is 0.0473 e. The first-order valence-electron chi connectivity index (χ1n) is 7.87. The summed E-state index contributed by atoms with van der Waals surface area (Å²) in [7, 11) is 0. The summed E-state index contributed by atoms with van der Waals surface area (Å²) in [5, 5.41) is 0. The number of rotatable bonds is 7. The Morgan fingerprint density at radius 2 is 1.83 bits per heavy atom. The molecule has 1 saturated carbocycles. The zero-order chi connectivity index (χ0) is 13.2. The molecular formula is C15H31N3. The van der Waals surface area contributed by atoms with Gasteiger partial charge in [0.1, 0.15) is 0 Å². The summed E-state index contributed by atoms with van der Waals surface area (Å²) >= 11 is 0. The molecule has 0 aromatic carbocycles. The first-order chi connectivity index (χ1) is 8.66. The van der Waals surface area contributed by atoms with Gasteiger partial charge >= 0.3 is 0 Å². The van der Waals surface area contributed by atoms with Crippen LogP contribution in [0.1, 0.15) is 52.9 Å². The average molecular weight is 253 g/mol. The third kappa shape index (κ3) is 2.73. The second kappa shape index (κ2) is 5.89. The van der Waals surface area contributed by atoms with E-state index >= 15 is 0 Å². The minimum absolute atomic E-state index is 0.258. The second-order valence-corrected chi connectivity index (χ2v) is 6.37. The highest BCUT2D eigenvalue weighted by Gasteiger charge is 2.48. The van der Waals surface area contributed by atoms with E-state index in [0.29, 0.717) is 0 Å². The Balaban J connectivity index is 2.08. The topological polar surface area (TPSA) is 32.5 Å². The predicted molar refractivity (Wildman–Crippen MR) is 77.7 cm³/mol. The third-order valence-electron chi connectivity index (χ3n) is 4.77. The smallest absolute Gasteiger partial charge is 0.0473 e. The van der Waals surface area contributed by atoms with Crippen molar-refractivity contribution in [1.82, 2.24) is 9.80 Å². The van der Waals surface area contributed by atoms with Crippen molar-refractivity contribution in [3.63, 3.8) is 0 Å². The van der Waals surface area contributed by atoms with Gasteiger partial charge in [-0.05, 0) is 52.1 Å². The molecule has 0 aromatic rings. The fourth-order valence-electron chi connectivity index (χ4n) is 3.75. The maximum atomic E-state index is 6.21. The molecule has 1 heterocycles. The molecule has 3 nitrogen and oxygen atoms in total. The highest BCUT2D eigenvalue weighted by Crippen LogP contribution is 2.39. The van der Waals surface area contributed by atoms with E-state index in [1.54, 1.807) is 0 Å². The monoisotopic (exact) mass is 253 g/mol. The molecule has 18 heavy (non-hydrogen) atoms. The molecule has 2 N–H and O–H groups in total. The van der Waals surface area contributed by atoms with Gasteiger partial charge in [0.25, 0.3) is 0 Å². The number of hydrogen-bond donors (Lipinski definition) is 1. The molecule has 0 amide bonds. The van der Waals surface area contributed by atoms with E-state index in [2.05, 4.69) is 30.6 Å². The molecule has 2 rings (SSSR count). The maximum absolute atomic E-state index is 6.21. The van der Waals surface area contributed by atoms with E-state index in [1.165, 1.54) is 51.7 Å².